The minimum absolute atomic E-state index is 0.0719. The van der Waals surface area contributed by atoms with Gasteiger partial charge in [-0.2, -0.15) is 0 Å². The Morgan fingerprint density at radius 1 is 1.78 bits per heavy atom. The fourth-order valence-electron chi connectivity index (χ4n) is 0.643. The number of hydrogen-bond acceptors (Lipinski definition) is 1. The SMILES string of the molecule is CC/C=C/C1(CCl)CO1. The minimum Gasteiger partial charge on any atom is -0.364 e. The molecule has 0 bridgehead atoms. The van der Waals surface area contributed by atoms with E-state index in [0.29, 0.717) is 5.88 Å². The van der Waals surface area contributed by atoms with E-state index in [0.717, 1.165) is 13.0 Å². The van der Waals surface area contributed by atoms with E-state index in [4.69, 9.17) is 16.3 Å². The zero-order valence-electron chi connectivity index (χ0n) is 5.56. The summed E-state index contributed by atoms with van der Waals surface area (Å²) < 4.78 is 5.13. The summed E-state index contributed by atoms with van der Waals surface area (Å²) in [7, 11) is 0. The highest BCUT2D eigenvalue weighted by atomic mass is 35.5. The van der Waals surface area contributed by atoms with E-state index in [2.05, 4.69) is 19.1 Å². The van der Waals surface area contributed by atoms with Crippen LogP contribution in [0.2, 0.25) is 0 Å². The van der Waals surface area contributed by atoms with Crippen LogP contribution >= 0.6 is 11.6 Å². The monoisotopic (exact) mass is 146 g/mol. The third-order valence-corrected chi connectivity index (χ3v) is 1.85. The molecule has 1 saturated heterocycles. The lowest BCUT2D eigenvalue weighted by Crippen LogP contribution is -2.07. The van der Waals surface area contributed by atoms with E-state index in [1.807, 2.05) is 0 Å². The summed E-state index contributed by atoms with van der Waals surface area (Å²) in [5.41, 5.74) is -0.0719. The maximum atomic E-state index is 5.62. The van der Waals surface area contributed by atoms with Crippen molar-refractivity contribution in [3.05, 3.63) is 12.2 Å². The van der Waals surface area contributed by atoms with Gasteiger partial charge in [0.05, 0.1) is 12.5 Å². The standard InChI is InChI=1S/C7H11ClO/c1-2-3-4-7(5-8)6-9-7/h3-4H,2,5-6H2,1H3/b4-3+. The van der Waals surface area contributed by atoms with Crippen molar-refractivity contribution in [3.63, 3.8) is 0 Å². The van der Waals surface area contributed by atoms with Crippen LogP contribution in [0, 0.1) is 0 Å². The smallest absolute Gasteiger partial charge is 0.123 e. The summed E-state index contributed by atoms with van der Waals surface area (Å²) in [5, 5.41) is 0. The molecule has 0 aromatic heterocycles. The molecule has 0 N–H and O–H groups in total. The van der Waals surface area contributed by atoms with Gasteiger partial charge in [-0.3, -0.25) is 0 Å². The molecular formula is C7H11ClO. The third kappa shape index (κ3) is 1.70. The molecule has 0 saturated carbocycles. The lowest BCUT2D eigenvalue weighted by molar-refractivity contribution is 0.372. The van der Waals surface area contributed by atoms with Crippen LogP contribution in [0.1, 0.15) is 13.3 Å². The molecule has 0 radical (unpaired) electrons. The first-order chi connectivity index (χ1) is 4.33. The van der Waals surface area contributed by atoms with Crippen molar-refractivity contribution < 1.29 is 4.74 Å². The van der Waals surface area contributed by atoms with Gasteiger partial charge in [0.2, 0.25) is 0 Å². The van der Waals surface area contributed by atoms with Crippen LogP contribution in [-0.2, 0) is 4.74 Å². The largest absolute Gasteiger partial charge is 0.364 e. The Labute approximate surface area is 60.7 Å². The Morgan fingerprint density at radius 3 is 2.78 bits per heavy atom. The second-order valence-electron chi connectivity index (χ2n) is 2.30. The Morgan fingerprint density at radius 2 is 2.44 bits per heavy atom. The highest BCUT2D eigenvalue weighted by molar-refractivity contribution is 6.19. The van der Waals surface area contributed by atoms with Crippen molar-refractivity contribution in [2.45, 2.75) is 18.9 Å². The van der Waals surface area contributed by atoms with Crippen molar-refractivity contribution in [3.8, 4) is 0 Å². The zero-order valence-corrected chi connectivity index (χ0v) is 6.32. The maximum Gasteiger partial charge on any atom is 0.123 e. The van der Waals surface area contributed by atoms with E-state index in [-0.39, 0.29) is 5.60 Å². The van der Waals surface area contributed by atoms with Gasteiger partial charge in [0.25, 0.3) is 0 Å². The predicted octanol–water partition coefficient (Wildman–Crippen LogP) is 1.96. The van der Waals surface area contributed by atoms with Crippen LogP contribution in [0.4, 0.5) is 0 Å². The molecule has 1 nitrogen and oxygen atoms in total. The molecule has 1 rings (SSSR count). The maximum absolute atomic E-state index is 5.62. The summed E-state index contributed by atoms with van der Waals surface area (Å²) in [4.78, 5) is 0. The van der Waals surface area contributed by atoms with Crippen molar-refractivity contribution in [2.24, 2.45) is 0 Å². The Hall–Kier alpha value is -0.0100. The molecule has 0 amide bonds. The van der Waals surface area contributed by atoms with Crippen LogP contribution in [-0.4, -0.2) is 18.1 Å². The lowest BCUT2D eigenvalue weighted by Gasteiger charge is -1.96. The molecule has 1 aliphatic rings. The van der Waals surface area contributed by atoms with Crippen LogP contribution in [0.25, 0.3) is 0 Å². The molecule has 1 aliphatic heterocycles. The lowest BCUT2D eigenvalue weighted by atomic mass is 10.2. The summed E-state index contributed by atoms with van der Waals surface area (Å²) >= 11 is 5.62. The normalized spacial score (nSPS) is 33.6. The van der Waals surface area contributed by atoms with Crippen molar-refractivity contribution in [1.82, 2.24) is 0 Å². The minimum atomic E-state index is -0.0719. The van der Waals surface area contributed by atoms with Crippen molar-refractivity contribution in [2.75, 3.05) is 12.5 Å². The molecule has 1 heterocycles. The Bertz CT molecular complexity index is 116. The number of alkyl halides is 1. The molecule has 0 aromatic carbocycles. The molecular weight excluding hydrogens is 136 g/mol. The second-order valence-corrected chi connectivity index (χ2v) is 2.56. The quantitative estimate of drug-likeness (QED) is 0.337. The molecule has 52 valence electrons. The first-order valence-corrected chi connectivity index (χ1v) is 3.74. The zero-order chi connectivity index (χ0) is 6.74. The molecule has 0 spiro atoms. The van der Waals surface area contributed by atoms with Gasteiger partial charge in [-0.15, -0.1) is 11.6 Å². The number of epoxide rings is 1. The van der Waals surface area contributed by atoms with E-state index in [9.17, 15) is 0 Å². The van der Waals surface area contributed by atoms with Crippen LogP contribution in [0.15, 0.2) is 12.2 Å². The fourth-order valence-corrected chi connectivity index (χ4v) is 0.887. The number of halogens is 1. The van der Waals surface area contributed by atoms with Gasteiger partial charge in [-0.1, -0.05) is 19.1 Å². The van der Waals surface area contributed by atoms with Crippen LogP contribution in [0.3, 0.4) is 0 Å². The first-order valence-electron chi connectivity index (χ1n) is 3.20. The van der Waals surface area contributed by atoms with Crippen LogP contribution < -0.4 is 0 Å². The summed E-state index contributed by atoms with van der Waals surface area (Å²) in [6, 6.07) is 0. The van der Waals surface area contributed by atoms with Gasteiger partial charge < -0.3 is 4.74 Å². The highest BCUT2D eigenvalue weighted by Crippen LogP contribution is 2.29. The average molecular weight is 147 g/mol. The highest BCUT2D eigenvalue weighted by Gasteiger charge is 2.40. The molecule has 9 heavy (non-hydrogen) atoms. The van der Waals surface area contributed by atoms with Gasteiger partial charge in [0.15, 0.2) is 0 Å². The number of rotatable bonds is 3. The Balaban J connectivity index is 2.33. The molecule has 1 fully saturated rings. The van der Waals surface area contributed by atoms with E-state index >= 15 is 0 Å². The van der Waals surface area contributed by atoms with E-state index in [1.165, 1.54) is 0 Å². The number of hydrogen-bond donors (Lipinski definition) is 0. The molecule has 2 heteroatoms. The van der Waals surface area contributed by atoms with Crippen molar-refractivity contribution >= 4 is 11.6 Å². The third-order valence-electron chi connectivity index (χ3n) is 1.40. The molecule has 0 aromatic rings. The predicted molar refractivity (Wildman–Crippen MR) is 38.8 cm³/mol. The second kappa shape index (κ2) is 2.72. The summed E-state index contributed by atoms with van der Waals surface area (Å²) in [6.07, 6.45) is 5.21. The topological polar surface area (TPSA) is 12.5 Å². The molecule has 1 unspecified atom stereocenters. The summed E-state index contributed by atoms with van der Waals surface area (Å²) in [6.45, 7) is 2.90. The van der Waals surface area contributed by atoms with E-state index < -0.39 is 0 Å². The molecule has 0 aliphatic carbocycles. The molecule has 1 atom stereocenters. The number of allylic oxidation sites excluding steroid dienone is 1. The van der Waals surface area contributed by atoms with Gasteiger partial charge in [0, 0.05) is 0 Å². The average Bonchev–Trinajstić information content (AvgIpc) is 2.65. The fraction of sp³-hybridized carbons (Fsp3) is 0.714. The van der Waals surface area contributed by atoms with Crippen LogP contribution in [0.5, 0.6) is 0 Å². The van der Waals surface area contributed by atoms with Crippen molar-refractivity contribution in [1.29, 1.82) is 0 Å². The van der Waals surface area contributed by atoms with Gasteiger partial charge in [-0.05, 0) is 6.42 Å². The van der Waals surface area contributed by atoms with Gasteiger partial charge in [0.1, 0.15) is 5.60 Å². The summed E-state index contributed by atoms with van der Waals surface area (Å²) in [5.74, 6) is 0.587. The first kappa shape index (κ1) is 7.10. The number of ether oxygens (including phenoxy) is 1. The van der Waals surface area contributed by atoms with E-state index in [1.54, 1.807) is 0 Å². The Kier molecular flexibility index (Phi) is 2.14. The van der Waals surface area contributed by atoms with Gasteiger partial charge in [-0.25, -0.2) is 0 Å². The van der Waals surface area contributed by atoms with Gasteiger partial charge >= 0.3 is 0 Å².